The van der Waals surface area contributed by atoms with Gasteiger partial charge in [-0.1, -0.05) is 6.92 Å². The minimum absolute atomic E-state index is 0.216. The van der Waals surface area contributed by atoms with E-state index >= 15 is 0 Å². The van der Waals surface area contributed by atoms with Crippen LogP contribution in [0.4, 0.5) is 15.8 Å². The zero-order valence-corrected chi connectivity index (χ0v) is 8.97. The van der Waals surface area contributed by atoms with E-state index < -0.39 is 15.5 Å². The molecule has 0 bridgehead atoms. The SMILES string of the molecule is CCS(C)(=O)=Nc1ccc(F)cc1N. The molecular weight excluding hydrogens is 203 g/mol. The predicted molar refractivity (Wildman–Crippen MR) is 57.5 cm³/mol. The second kappa shape index (κ2) is 3.96. The van der Waals surface area contributed by atoms with Crippen LogP contribution >= 0.6 is 0 Å². The lowest BCUT2D eigenvalue weighted by molar-refractivity contribution is 0.628. The summed E-state index contributed by atoms with van der Waals surface area (Å²) >= 11 is 0. The third kappa shape index (κ3) is 2.70. The monoisotopic (exact) mass is 216 g/mol. The normalized spacial score (nSPS) is 14.8. The maximum absolute atomic E-state index is 12.7. The molecule has 2 N–H and O–H groups in total. The van der Waals surface area contributed by atoms with E-state index in [1.807, 2.05) is 0 Å². The van der Waals surface area contributed by atoms with Crippen molar-refractivity contribution in [3.05, 3.63) is 24.0 Å². The van der Waals surface area contributed by atoms with Gasteiger partial charge in [0, 0.05) is 21.7 Å². The highest BCUT2D eigenvalue weighted by Crippen LogP contribution is 2.23. The number of halogens is 1. The minimum Gasteiger partial charge on any atom is -0.397 e. The van der Waals surface area contributed by atoms with Gasteiger partial charge in [0.05, 0.1) is 11.4 Å². The van der Waals surface area contributed by atoms with Crippen LogP contribution in [0.3, 0.4) is 0 Å². The summed E-state index contributed by atoms with van der Waals surface area (Å²) in [6, 6.07) is 3.86. The van der Waals surface area contributed by atoms with Gasteiger partial charge in [0.2, 0.25) is 0 Å². The Kier molecular flexibility index (Phi) is 3.10. The lowest BCUT2D eigenvalue weighted by Crippen LogP contribution is -1.98. The number of hydrogen-bond donors (Lipinski definition) is 1. The zero-order valence-electron chi connectivity index (χ0n) is 8.16. The first-order valence-electron chi connectivity index (χ1n) is 4.19. The maximum atomic E-state index is 12.7. The number of nitrogens with zero attached hydrogens (tertiary/aromatic N) is 1. The highest BCUT2D eigenvalue weighted by molar-refractivity contribution is 7.93. The third-order valence-corrected chi connectivity index (χ3v) is 3.47. The first kappa shape index (κ1) is 11.0. The Morgan fingerprint density at radius 2 is 2.21 bits per heavy atom. The van der Waals surface area contributed by atoms with Crippen molar-refractivity contribution in [2.24, 2.45) is 4.36 Å². The van der Waals surface area contributed by atoms with E-state index in [1.165, 1.54) is 18.2 Å². The van der Waals surface area contributed by atoms with Crippen LogP contribution in [0, 0.1) is 5.82 Å². The predicted octanol–water partition coefficient (Wildman–Crippen LogP) is 2.16. The molecule has 0 saturated heterocycles. The summed E-state index contributed by atoms with van der Waals surface area (Å²) in [6.07, 6.45) is 1.55. The lowest BCUT2D eigenvalue weighted by atomic mass is 10.3. The van der Waals surface area contributed by atoms with Crippen molar-refractivity contribution >= 4 is 21.1 Å². The molecule has 1 atom stereocenters. The van der Waals surface area contributed by atoms with Gasteiger partial charge < -0.3 is 5.73 Å². The topological polar surface area (TPSA) is 55.5 Å². The number of rotatable bonds is 2. The van der Waals surface area contributed by atoms with Crippen molar-refractivity contribution in [2.45, 2.75) is 6.92 Å². The highest BCUT2D eigenvalue weighted by atomic mass is 32.2. The van der Waals surface area contributed by atoms with Crippen LogP contribution < -0.4 is 5.73 Å². The van der Waals surface area contributed by atoms with Gasteiger partial charge in [0.25, 0.3) is 0 Å². The van der Waals surface area contributed by atoms with Gasteiger partial charge in [-0.3, -0.25) is 0 Å². The summed E-state index contributed by atoms with van der Waals surface area (Å²) in [5, 5.41) is 0. The van der Waals surface area contributed by atoms with Crippen LogP contribution in [-0.2, 0) is 9.73 Å². The number of hydrogen-bond acceptors (Lipinski definition) is 3. The first-order chi connectivity index (χ1) is 6.44. The van der Waals surface area contributed by atoms with Crippen molar-refractivity contribution in [3.63, 3.8) is 0 Å². The number of benzene rings is 1. The molecule has 0 spiro atoms. The molecule has 78 valence electrons. The van der Waals surface area contributed by atoms with Gasteiger partial charge >= 0.3 is 0 Å². The van der Waals surface area contributed by atoms with Gasteiger partial charge in [-0.25, -0.2) is 8.60 Å². The van der Waals surface area contributed by atoms with Gasteiger partial charge in [-0.2, -0.15) is 4.36 Å². The molecular formula is C9H13FN2OS. The summed E-state index contributed by atoms with van der Waals surface area (Å²) in [5.74, 6) is 0.0321. The van der Waals surface area contributed by atoms with Crippen LogP contribution in [0.15, 0.2) is 22.6 Å². The van der Waals surface area contributed by atoms with E-state index in [-0.39, 0.29) is 5.69 Å². The maximum Gasteiger partial charge on any atom is 0.125 e. The second-order valence-corrected chi connectivity index (χ2v) is 5.72. The Morgan fingerprint density at radius 1 is 1.57 bits per heavy atom. The lowest BCUT2D eigenvalue weighted by Gasteiger charge is -2.02. The standard InChI is InChI=1S/C9H13FN2OS/c1-3-14(2,13)12-9-5-4-7(10)6-8(9)11/h4-6H,3,11H2,1-2H3. The van der Waals surface area contributed by atoms with Crippen molar-refractivity contribution in [1.29, 1.82) is 0 Å². The Morgan fingerprint density at radius 3 is 2.71 bits per heavy atom. The Hall–Kier alpha value is -1.10. The molecule has 1 rings (SSSR count). The van der Waals surface area contributed by atoms with E-state index in [0.717, 1.165) is 0 Å². The molecule has 14 heavy (non-hydrogen) atoms. The molecule has 0 saturated carbocycles. The highest BCUT2D eigenvalue weighted by Gasteiger charge is 2.02. The quantitative estimate of drug-likeness (QED) is 0.770. The summed E-state index contributed by atoms with van der Waals surface area (Å²) in [7, 11) is -2.24. The fraction of sp³-hybridized carbons (Fsp3) is 0.333. The van der Waals surface area contributed by atoms with Crippen LogP contribution in [0.1, 0.15) is 6.92 Å². The summed E-state index contributed by atoms with van der Waals surface area (Å²) in [5.41, 5.74) is 6.13. The van der Waals surface area contributed by atoms with Crippen molar-refractivity contribution in [2.75, 3.05) is 17.7 Å². The molecule has 1 aromatic rings. The van der Waals surface area contributed by atoms with E-state index in [9.17, 15) is 8.60 Å². The number of nitrogens with two attached hydrogens (primary N) is 1. The molecule has 1 aromatic carbocycles. The summed E-state index contributed by atoms with van der Waals surface area (Å²) < 4.78 is 28.3. The van der Waals surface area contributed by atoms with Gasteiger partial charge in [0.1, 0.15) is 5.82 Å². The summed E-state index contributed by atoms with van der Waals surface area (Å²) in [6.45, 7) is 1.78. The van der Waals surface area contributed by atoms with Crippen molar-refractivity contribution in [3.8, 4) is 0 Å². The largest absolute Gasteiger partial charge is 0.397 e. The smallest absolute Gasteiger partial charge is 0.125 e. The Bertz CT molecular complexity index is 450. The third-order valence-electron chi connectivity index (χ3n) is 1.82. The molecule has 5 heteroatoms. The Balaban J connectivity index is 3.23. The van der Waals surface area contributed by atoms with Crippen LogP contribution in [0.25, 0.3) is 0 Å². The van der Waals surface area contributed by atoms with E-state index in [2.05, 4.69) is 4.36 Å². The average molecular weight is 216 g/mol. The molecule has 0 aromatic heterocycles. The van der Waals surface area contributed by atoms with Crippen molar-refractivity contribution in [1.82, 2.24) is 0 Å². The molecule has 0 heterocycles. The molecule has 0 aliphatic heterocycles. The fourth-order valence-corrected chi connectivity index (χ4v) is 1.59. The van der Waals surface area contributed by atoms with E-state index in [4.69, 9.17) is 5.73 Å². The summed E-state index contributed by atoms with van der Waals surface area (Å²) in [4.78, 5) is 0. The van der Waals surface area contributed by atoms with Crippen LogP contribution in [0.2, 0.25) is 0 Å². The molecule has 0 radical (unpaired) electrons. The van der Waals surface area contributed by atoms with Crippen LogP contribution in [0.5, 0.6) is 0 Å². The zero-order chi connectivity index (χ0) is 10.8. The first-order valence-corrected chi connectivity index (χ1v) is 6.28. The van der Waals surface area contributed by atoms with Crippen molar-refractivity contribution < 1.29 is 8.60 Å². The Labute approximate surface area is 83.3 Å². The second-order valence-electron chi connectivity index (χ2n) is 3.04. The van der Waals surface area contributed by atoms with E-state index in [0.29, 0.717) is 11.4 Å². The van der Waals surface area contributed by atoms with E-state index in [1.54, 1.807) is 13.2 Å². The number of anilines is 1. The fourth-order valence-electron chi connectivity index (χ4n) is 0.881. The van der Waals surface area contributed by atoms with Crippen LogP contribution in [-0.4, -0.2) is 16.2 Å². The van der Waals surface area contributed by atoms with Gasteiger partial charge in [0.15, 0.2) is 0 Å². The molecule has 0 amide bonds. The molecule has 3 nitrogen and oxygen atoms in total. The average Bonchev–Trinajstić information content (AvgIpc) is 2.10. The molecule has 0 fully saturated rings. The molecule has 0 aliphatic rings. The number of nitrogen functional groups attached to an aromatic ring is 1. The molecule has 1 unspecified atom stereocenters. The molecule has 0 aliphatic carbocycles. The minimum atomic E-state index is -2.24. The van der Waals surface area contributed by atoms with Gasteiger partial charge in [-0.05, 0) is 18.2 Å². The van der Waals surface area contributed by atoms with Gasteiger partial charge in [-0.15, -0.1) is 0 Å².